The molecule has 0 unspecified atom stereocenters. The van der Waals surface area contributed by atoms with Crippen LogP contribution in [0.25, 0.3) is 0 Å². The van der Waals surface area contributed by atoms with Crippen LogP contribution in [0.5, 0.6) is 0 Å². The zero-order valence-corrected chi connectivity index (χ0v) is 14.8. The van der Waals surface area contributed by atoms with Crippen molar-refractivity contribution in [3.05, 3.63) is 34.6 Å². The molecule has 3 rings (SSSR count). The highest BCUT2D eigenvalue weighted by atomic mass is 35.6. The van der Waals surface area contributed by atoms with Gasteiger partial charge in [-0.25, -0.2) is 4.39 Å². The van der Waals surface area contributed by atoms with E-state index in [1.54, 1.807) is 12.1 Å². The van der Waals surface area contributed by atoms with Crippen molar-refractivity contribution < 1.29 is 4.39 Å². The zero-order chi connectivity index (χ0) is 14.9. The number of halogens is 3. The molecule has 21 heavy (non-hydrogen) atoms. The number of hydrogen-bond acceptors (Lipinski definition) is 0. The summed E-state index contributed by atoms with van der Waals surface area (Å²) in [6.45, 7) is 0. The molecule has 0 N–H and O–H groups in total. The van der Waals surface area contributed by atoms with E-state index >= 15 is 0 Å². The topological polar surface area (TPSA) is 0 Å². The van der Waals surface area contributed by atoms with E-state index in [0.717, 1.165) is 0 Å². The minimum Gasteiger partial charge on any atom is -0.205 e. The van der Waals surface area contributed by atoms with Crippen LogP contribution in [0.1, 0.15) is 50.5 Å². The van der Waals surface area contributed by atoms with E-state index in [0.29, 0.717) is 5.92 Å². The van der Waals surface area contributed by atoms with Gasteiger partial charge in [0, 0.05) is 0 Å². The molecule has 2 fully saturated rings. The Morgan fingerprint density at radius 1 is 1.10 bits per heavy atom. The molecule has 1 aliphatic carbocycles. The summed E-state index contributed by atoms with van der Waals surface area (Å²) >= 11 is 12.3. The SMILES string of the molecule is Fc1cc(C2(C3CC[Si](Cl)CC3)CCCCC2)ccc1Cl. The van der Waals surface area contributed by atoms with Crippen molar-refractivity contribution in [1.82, 2.24) is 0 Å². The summed E-state index contributed by atoms with van der Waals surface area (Å²) in [4.78, 5) is 0. The molecule has 1 heterocycles. The van der Waals surface area contributed by atoms with Gasteiger partial charge in [-0.2, -0.15) is 11.1 Å². The van der Waals surface area contributed by atoms with E-state index in [9.17, 15) is 4.39 Å². The first-order chi connectivity index (χ1) is 10.1. The standard InChI is InChI=1S/C17H22Cl2FSi/c18-15-5-4-14(12-16(15)20)17(8-2-1-3-9-17)13-6-10-21(19)11-7-13/h4-5,12-13H,1-3,6-11H2. The molecule has 1 aliphatic heterocycles. The normalized spacial score (nSPS) is 24.1. The van der Waals surface area contributed by atoms with Crippen LogP contribution < -0.4 is 0 Å². The third-order valence-electron chi connectivity index (χ3n) is 5.55. The first-order valence-electron chi connectivity index (χ1n) is 8.07. The van der Waals surface area contributed by atoms with Gasteiger partial charge < -0.3 is 0 Å². The lowest BCUT2D eigenvalue weighted by Gasteiger charge is -2.46. The van der Waals surface area contributed by atoms with Crippen LogP contribution in [0.4, 0.5) is 4.39 Å². The smallest absolute Gasteiger partial charge is 0.165 e. The Balaban J connectivity index is 1.94. The second-order valence-electron chi connectivity index (χ2n) is 6.64. The lowest BCUT2D eigenvalue weighted by atomic mass is 9.60. The maximum Gasteiger partial charge on any atom is 0.165 e. The highest BCUT2D eigenvalue weighted by molar-refractivity contribution is 7.07. The number of rotatable bonds is 2. The highest BCUT2D eigenvalue weighted by Crippen LogP contribution is 2.50. The average molecular weight is 344 g/mol. The molecular formula is C17H22Cl2FSi. The monoisotopic (exact) mass is 343 g/mol. The van der Waals surface area contributed by atoms with Crippen LogP contribution in [0, 0.1) is 11.7 Å². The van der Waals surface area contributed by atoms with Gasteiger partial charge in [-0.3, -0.25) is 0 Å². The molecule has 4 heteroatoms. The summed E-state index contributed by atoms with van der Waals surface area (Å²) in [6.07, 6.45) is 8.68. The molecule has 1 radical (unpaired) electrons. The molecule has 1 saturated heterocycles. The molecule has 2 aliphatic rings. The van der Waals surface area contributed by atoms with Gasteiger partial charge in [0.05, 0.1) is 5.02 Å². The van der Waals surface area contributed by atoms with E-state index < -0.39 is 8.11 Å². The maximum atomic E-state index is 14.0. The van der Waals surface area contributed by atoms with Gasteiger partial charge in [0.1, 0.15) is 5.82 Å². The van der Waals surface area contributed by atoms with Crippen molar-refractivity contribution in [3.8, 4) is 0 Å². The van der Waals surface area contributed by atoms with Gasteiger partial charge in [0.15, 0.2) is 8.11 Å². The summed E-state index contributed by atoms with van der Waals surface area (Å²) in [6, 6.07) is 7.91. The maximum absolute atomic E-state index is 14.0. The Morgan fingerprint density at radius 3 is 2.38 bits per heavy atom. The summed E-state index contributed by atoms with van der Waals surface area (Å²) in [5.41, 5.74) is 1.35. The lowest BCUT2D eigenvalue weighted by molar-refractivity contribution is 0.175. The quantitative estimate of drug-likeness (QED) is 0.435. The third-order valence-corrected chi connectivity index (χ3v) is 8.65. The predicted octanol–water partition coefficient (Wildman–Crippen LogP) is 6.32. The molecule has 0 amide bonds. The van der Waals surface area contributed by atoms with Crippen LogP contribution >= 0.6 is 22.7 Å². The molecular weight excluding hydrogens is 322 g/mol. The molecule has 0 spiro atoms. The van der Waals surface area contributed by atoms with E-state index in [-0.39, 0.29) is 16.3 Å². The fourth-order valence-corrected chi connectivity index (χ4v) is 6.75. The van der Waals surface area contributed by atoms with Crippen LogP contribution in [-0.4, -0.2) is 8.11 Å². The number of hydrogen-bond donors (Lipinski definition) is 0. The fraction of sp³-hybridized carbons (Fsp3) is 0.647. The lowest BCUT2D eigenvalue weighted by Crippen LogP contribution is -2.40. The van der Waals surface area contributed by atoms with E-state index in [1.165, 1.54) is 62.6 Å². The summed E-state index contributed by atoms with van der Waals surface area (Å²) in [5.74, 6) is 0.405. The van der Waals surface area contributed by atoms with Crippen molar-refractivity contribution in [2.45, 2.75) is 62.4 Å². The van der Waals surface area contributed by atoms with E-state index in [1.807, 2.05) is 0 Å². The summed E-state index contributed by atoms with van der Waals surface area (Å²) in [7, 11) is -0.609. The van der Waals surface area contributed by atoms with Gasteiger partial charge in [-0.1, -0.05) is 49.8 Å². The average Bonchev–Trinajstić information content (AvgIpc) is 2.51. The Hall–Kier alpha value is -0.0531. The van der Waals surface area contributed by atoms with Gasteiger partial charge in [-0.05, 0) is 54.0 Å². The van der Waals surface area contributed by atoms with Crippen LogP contribution in [0.15, 0.2) is 18.2 Å². The zero-order valence-electron chi connectivity index (χ0n) is 12.3. The van der Waals surface area contributed by atoms with Crippen molar-refractivity contribution in [3.63, 3.8) is 0 Å². The Morgan fingerprint density at radius 2 is 1.76 bits per heavy atom. The highest BCUT2D eigenvalue weighted by Gasteiger charge is 2.42. The van der Waals surface area contributed by atoms with E-state index in [2.05, 4.69) is 6.07 Å². The molecule has 0 nitrogen and oxygen atoms in total. The molecule has 1 aromatic carbocycles. The van der Waals surface area contributed by atoms with Gasteiger partial charge in [0.2, 0.25) is 0 Å². The molecule has 0 aromatic heterocycles. The summed E-state index contributed by atoms with van der Waals surface area (Å²) in [5, 5.41) is 0.236. The molecule has 1 saturated carbocycles. The second-order valence-corrected chi connectivity index (χ2v) is 10.7. The Kier molecular flexibility index (Phi) is 4.97. The fourth-order valence-electron chi connectivity index (χ4n) is 4.40. The van der Waals surface area contributed by atoms with Crippen LogP contribution in [0.3, 0.4) is 0 Å². The van der Waals surface area contributed by atoms with Crippen molar-refractivity contribution in [1.29, 1.82) is 0 Å². The van der Waals surface area contributed by atoms with Crippen LogP contribution in [0.2, 0.25) is 17.1 Å². The van der Waals surface area contributed by atoms with Gasteiger partial charge in [0.25, 0.3) is 0 Å². The Labute approximate surface area is 138 Å². The van der Waals surface area contributed by atoms with Crippen LogP contribution in [-0.2, 0) is 5.41 Å². The first-order valence-corrected chi connectivity index (χ1v) is 11.4. The minimum atomic E-state index is -0.609. The predicted molar refractivity (Wildman–Crippen MR) is 90.1 cm³/mol. The second kappa shape index (κ2) is 6.60. The van der Waals surface area contributed by atoms with Crippen molar-refractivity contribution in [2.24, 2.45) is 5.92 Å². The van der Waals surface area contributed by atoms with Crippen molar-refractivity contribution in [2.75, 3.05) is 0 Å². The molecule has 0 atom stereocenters. The minimum absolute atomic E-state index is 0.170. The van der Waals surface area contributed by atoms with Gasteiger partial charge in [-0.15, -0.1) is 0 Å². The number of benzene rings is 1. The largest absolute Gasteiger partial charge is 0.205 e. The summed E-state index contributed by atoms with van der Waals surface area (Å²) < 4.78 is 14.0. The molecule has 115 valence electrons. The Bertz CT molecular complexity index is 492. The first kappa shape index (κ1) is 15.8. The molecule has 0 bridgehead atoms. The van der Waals surface area contributed by atoms with Gasteiger partial charge >= 0.3 is 0 Å². The van der Waals surface area contributed by atoms with Crippen molar-refractivity contribution >= 4 is 30.8 Å². The third kappa shape index (κ3) is 3.18. The van der Waals surface area contributed by atoms with E-state index in [4.69, 9.17) is 22.7 Å². The molecule has 1 aromatic rings.